The molecule has 29 heavy (non-hydrogen) atoms. The van der Waals surface area contributed by atoms with Crippen LogP contribution in [0.4, 0.5) is 16.6 Å². The Morgan fingerprint density at radius 3 is 2.97 bits per heavy atom. The number of anilines is 3. The number of rotatable bonds is 5. The molecule has 0 unspecified atom stereocenters. The van der Waals surface area contributed by atoms with Gasteiger partial charge in [0.2, 0.25) is 5.13 Å². The van der Waals surface area contributed by atoms with E-state index in [1.807, 2.05) is 24.3 Å². The third kappa shape index (κ3) is 3.53. The standard InChI is InChI=1S/C18H13N9OS/c28-16(14-8-19-9-20-14)24-15-3-1-2-13(23-15)17-26-27-18(29-17)22-11-4-5-12-10(6-11)7-21-25-12/h1-9H,(H,19,20)(H,21,25)(H,22,27)(H,23,24,28). The molecule has 0 bridgehead atoms. The summed E-state index contributed by atoms with van der Waals surface area (Å²) in [7, 11) is 0. The van der Waals surface area contributed by atoms with Gasteiger partial charge in [-0.05, 0) is 30.3 Å². The van der Waals surface area contributed by atoms with Crippen molar-refractivity contribution in [2.75, 3.05) is 10.6 Å². The lowest BCUT2D eigenvalue weighted by atomic mass is 10.2. The van der Waals surface area contributed by atoms with Gasteiger partial charge < -0.3 is 15.6 Å². The highest BCUT2D eigenvalue weighted by Gasteiger charge is 2.12. The Bertz CT molecular complexity index is 1290. The first-order valence-electron chi connectivity index (χ1n) is 8.55. The highest BCUT2D eigenvalue weighted by Crippen LogP contribution is 2.28. The monoisotopic (exact) mass is 403 g/mol. The lowest BCUT2D eigenvalue weighted by Gasteiger charge is -2.04. The highest BCUT2D eigenvalue weighted by atomic mass is 32.1. The van der Waals surface area contributed by atoms with Gasteiger partial charge in [-0.15, -0.1) is 10.2 Å². The maximum absolute atomic E-state index is 12.1. The Morgan fingerprint density at radius 2 is 2.07 bits per heavy atom. The molecule has 142 valence electrons. The molecule has 10 nitrogen and oxygen atoms in total. The molecule has 0 aliphatic carbocycles. The number of hydrogen-bond acceptors (Lipinski definition) is 8. The maximum atomic E-state index is 12.1. The second kappa shape index (κ2) is 7.13. The van der Waals surface area contributed by atoms with Crippen molar-refractivity contribution in [2.45, 2.75) is 0 Å². The molecule has 0 aliphatic heterocycles. The zero-order valence-electron chi connectivity index (χ0n) is 14.7. The van der Waals surface area contributed by atoms with Crippen molar-refractivity contribution < 1.29 is 4.79 Å². The fourth-order valence-corrected chi connectivity index (χ4v) is 3.44. The van der Waals surface area contributed by atoms with Gasteiger partial charge in [-0.3, -0.25) is 9.89 Å². The molecule has 0 atom stereocenters. The van der Waals surface area contributed by atoms with Crippen molar-refractivity contribution in [3.8, 4) is 10.7 Å². The number of hydrogen-bond donors (Lipinski definition) is 4. The molecule has 5 aromatic rings. The molecule has 5 rings (SSSR count). The molecule has 0 aliphatic rings. The quantitative estimate of drug-likeness (QED) is 0.354. The summed E-state index contributed by atoms with van der Waals surface area (Å²) in [5, 5.41) is 23.5. The van der Waals surface area contributed by atoms with Crippen molar-refractivity contribution >= 4 is 44.8 Å². The van der Waals surface area contributed by atoms with Crippen LogP contribution in [0.1, 0.15) is 10.5 Å². The third-order valence-corrected chi connectivity index (χ3v) is 4.93. The normalized spacial score (nSPS) is 10.9. The maximum Gasteiger partial charge on any atom is 0.274 e. The molecule has 0 saturated heterocycles. The number of amides is 1. The third-order valence-electron chi connectivity index (χ3n) is 4.07. The Kier molecular flexibility index (Phi) is 4.18. The fraction of sp³-hybridized carbons (Fsp3) is 0. The van der Waals surface area contributed by atoms with Gasteiger partial charge >= 0.3 is 0 Å². The second-order valence-electron chi connectivity index (χ2n) is 6.04. The van der Waals surface area contributed by atoms with Crippen LogP contribution in [0.2, 0.25) is 0 Å². The van der Waals surface area contributed by atoms with E-state index in [1.54, 1.807) is 18.3 Å². The van der Waals surface area contributed by atoms with Crippen LogP contribution < -0.4 is 10.6 Å². The molecule has 4 aromatic heterocycles. The number of imidazole rings is 1. The summed E-state index contributed by atoms with van der Waals surface area (Å²) in [4.78, 5) is 23.2. The first-order chi connectivity index (χ1) is 14.2. The number of pyridine rings is 1. The lowest BCUT2D eigenvalue weighted by Crippen LogP contribution is -2.13. The van der Waals surface area contributed by atoms with Crippen molar-refractivity contribution in [3.05, 3.63) is 60.8 Å². The minimum atomic E-state index is -0.318. The van der Waals surface area contributed by atoms with E-state index in [1.165, 1.54) is 23.9 Å². The van der Waals surface area contributed by atoms with E-state index >= 15 is 0 Å². The molecule has 0 spiro atoms. The van der Waals surface area contributed by atoms with E-state index < -0.39 is 0 Å². The Morgan fingerprint density at radius 1 is 1.10 bits per heavy atom. The van der Waals surface area contributed by atoms with Gasteiger partial charge in [-0.1, -0.05) is 17.4 Å². The van der Waals surface area contributed by atoms with Crippen LogP contribution in [-0.2, 0) is 0 Å². The Balaban J connectivity index is 1.34. The number of benzene rings is 1. The van der Waals surface area contributed by atoms with Gasteiger partial charge in [0.1, 0.15) is 17.2 Å². The molecular formula is C18H13N9OS. The number of aromatic amines is 2. The molecule has 0 saturated carbocycles. The average Bonchev–Trinajstić information content (AvgIpc) is 3.49. The molecule has 11 heteroatoms. The van der Waals surface area contributed by atoms with Crippen LogP contribution in [-0.4, -0.2) is 41.3 Å². The summed E-state index contributed by atoms with van der Waals surface area (Å²) < 4.78 is 0. The van der Waals surface area contributed by atoms with Gasteiger partial charge in [0.05, 0.1) is 24.2 Å². The van der Waals surface area contributed by atoms with Crippen LogP contribution in [0.5, 0.6) is 0 Å². The first-order valence-corrected chi connectivity index (χ1v) is 9.37. The van der Waals surface area contributed by atoms with Crippen LogP contribution in [0.3, 0.4) is 0 Å². The van der Waals surface area contributed by atoms with E-state index in [0.29, 0.717) is 27.3 Å². The molecule has 4 heterocycles. The number of carbonyl (C=O) groups is 1. The predicted molar refractivity (Wildman–Crippen MR) is 109 cm³/mol. The summed E-state index contributed by atoms with van der Waals surface area (Å²) in [5.41, 5.74) is 2.82. The van der Waals surface area contributed by atoms with E-state index in [4.69, 9.17) is 0 Å². The highest BCUT2D eigenvalue weighted by molar-refractivity contribution is 7.18. The van der Waals surface area contributed by atoms with Gasteiger partial charge in [0.15, 0.2) is 5.01 Å². The van der Waals surface area contributed by atoms with Gasteiger partial charge in [0.25, 0.3) is 5.91 Å². The minimum absolute atomic E-state index is 0.318. The molecule has 0 radical (unpaired) electrons. The summed E-state index contributed by atoms with van der Waals surface area (Å²) in [6.45, 7) is 0. The van der Waals surface area contributed by atoms with Crippen LogP contribution in [0.25, 0.3) is 21.6 Å². The number of aromatic nitrogens is 7. The zero-order chi connectivity index (χ0) is 19.6. The van der Waals surface area contributed by atoms with E-state index in [-0.39, 0.29) is 5.91 Å². The first kappa shape index (κ1) is 17.0. The Labute approximate surface area is 167 Å². The van der Waals surface area contributed by atoms with E-state index in [9.17, 15) is 4.79 Å². The minimum Gasteiger partial charge on any atom is -0.341 e. The van der Waals surface area contributed by atoms with Gasteiger partial charge in [-0.2, -0.15) is 5.10 Å². The summed E-state index contributed by atoms with van der Waals surface area (Å²) in [5.74, 6) is 0.0960. The number of fused-ring (bicyclic) bond motifs is 1. The van der Waals surface area contributed by atoms with E-state index in [0.717, 1.165) is 16.6 Å². The van der Waals surface area contributed by atoms with Crippen molar-refractivity contribution in [1.82, 2.24) is 35.3 Å². The fourth-order valence-electron chi connectivity index (χ4n) is 2.71. The number of H-pyrrole nitrogens is 2. The van der Waals surface area contributed by atoms with E-state index in [2.05, 4.69) is 46.0 Å². The molecular weight excluding hydrogens is 390 g/mol. The summed E-state index contributed by atoms with van der Waals surface area (Å²) in [6, 6.07) is 11.2. The lowest BCUT2D eigenvalue weighted by molar-refractivity contribution is 0.102. The largest absolute Gasteiger partial charge is 0.341 e. The SMILES string of the molecule is O=C(Nc1cccc(-c2nnc(Nc3ccc4[nH]ncc4c3)s2)n1)c1cnc[nH]1. The molecule has 0 fully saturated rings. The number of nitrogens with one attached hydrogen (secondary N) is 4. The summed E-state index contributed by atoms with van der Waals surface area (Å²) in [6.07, 6.45) is 4.65. The van der Waals surface area contributed by atoms with Gasteiger partial charge in [0, 0.05) is 11.1 Å². The number of carbonyl (C=O) groups excluding carboxylic acids is 1. The van der Waals surface area contributed by atoms with Crippen LogP contribution >= 0.6 is 11.3 Å². The van der Waals surface area contributed by atoms with Crippen molar-refractivity contribution in [2.24, 2.45) is 0 Å². The Hall–Kier alpha value is -4.12. The molecule has 4 N–H and O–H groups in total. The van der Waals surface area contributed by atoms with Gasteiger partial charge in [-0.25, -0.2) is 9.97 Å². The second-order valence-corrected chi connectivity index (χ2v) is 7.01. The van der Waals surface area contributed by atoms with Crippen LogP contribution in [0.15, 0.2) is 55.1 Å². The molecule has 1 amide bonds. The smallest absolute Gasteiger partial charge is 0.274 e. The van der Waals surface area contributed by atoms with Crippen molar-refractivity contribution in [3.63, 3.8) is 0 Å². The summed E-state index contributed by atoms with van der Waals surface area (Å²) >= 11 is 1.37. The molecule has 1 aromatic carbocycles. The van der Waals surface area contributed by atoms with Crippen LogP contribution in [0, 0.1) is 0 Å². The zero-order valence-corrected chi connectivity index (χ0v) is 15.6. The average molecular weight is 403 g/mol. The van der Waals surface area contributed by atoms with Crippen molar-refractivity contribution in [1.29, 1.82) is 0 Å². The number of nitrogens with zero attached hydrogens (tertiary/aromatic N) is 5. The predicted octanol–water partition coefficient (Wildman–Crippen LogP) is 3.20. The topological polar surface area (TPSA) is 137 Å².